The number of hydrogen-bond donors (Lipinski definition) is 0. The van der Waals surface area contributed by atoms with Gasteiger partial charge in [0.1, 0.15) is 5.75 Å². The Morgan fingerprint density at radius 1 is 1.10 bits per heavy atom. The lowest BCUT2D eigenvalue weighted by Gasteiger charge is -2.15. The molecule has 2 rings (SSSR count). The van der Waals surface area contributed by atoms with Crippen molar-refractivity contribution in [2.24, 2.45) is 0 Å². The van der Waals surface area contributed by atoms with Gasteiger partial charge in [-0.15, -0.1) is 22.9 Å². The normalized spacial score (nSPS) is 13.2. The fourth-order valence-electron chi connectivity index (χ4n) is 1.96. The highest BCUT2D eigenvalue weighted by Gasteiger charge is 2.19. The summed E-state index contributed by atoms with van der Waals surface area (Å²) in [6.07, 6.45) is 0. The minimum atomic E-state index is -0.0909. The monoisotopic (exact) mass is 308 g/mol. The lowest BCUT2D eigenvalue weighted by atomic mass is 9.95. The van der Waals surface area contributed by atoms with Gasteiger partial charge in [0.2, 0.25) is 0 Å². The molecule has 0 saturated carbocycles. The highest BCUT2D eigenvalue weighted by atomic mass is 35.5. The van der Waals surface area contributed by atoms with E-state index in [1.165, 1.54) is 9.75 Å². The molecular weight excluding hydrogens is 288 g/mol. The summed E-state index contributed by atoms with van der Waals surface area (Å²) in [4.78, 5) is 2.56. The molecule has 3 heteroatoms. The van der Waals surface area contributed by atoms with Crippen molar-refractivity contribution in [3.05, 3.63) is 51.7 Å². The number of ether oxygens (including phenoxy) is 1. The lowest BCUT2D eigenvalue weighted by Crippen LogP contribution is -2.07. The van der Waals surface area contributed by atoms with Crippen LogP contribution in [0.4, 0.5) is 0 Å². The van der Waals surface area contributed by atoms with Gasteiger partial charge in [0, 0.05) is 9.75 Å². The van der Waals surface area contributed by atoms with Crippen LogP contribution >= 0.6 is 22.9 Å². The minimum absolute atomic E-state index is 0.0909. The molecule has 1 unspecified atom stereocenters. The molecule has 1 aromatic heterocycles. The van der Waals surface area contributed by atoms with Gasteiger partial charge >= 0.3 is 0 Å². The average molecular weight is 309 g/mol. The SMILES string of the molecule is CCOc1ccc(C(Cl)c2ccc(C(C)(C)C)s2)cc1. The second kappa shape index (κ2) is 6.19. The van der Waals surface area contributed by atoms with E-state index in [-0.39, 0.29) is 10.8 Å². The van der Waals surface area contributed by atoms with Crippen molar-refractivity contribution in [2.45, 2.75) is 38.5 Å². The molecular formula is C17H21ClOS. The summed E-state index contributed by atoms with van der Waals surface area (Å²) in [5.74, 6) is 0.890. The first-order chi connectivity index (χ1) is 9.41. The van der Waals surface area contributed by atoms with Gasteiger partial charge in [-0.2, -0.15) is 0 Å². The third kappa shape index (κ3) is 3.56. The highest BCUT2D eigenvalue weighted by Crippen LogP contribution is 2.38. The zero-order chi connectivity index (χ0) is 14.8. The molecule has 0 N–H and O–H groups in total. The third-order valence-electron chi connectivity index (χ3n) is 3.10. The number of rotatable bonds is 4. The Morgan fingerprint density at radius 3 is 2.25 bits per heavy atom. The molecule has 2 aromatic rings. The summed E-state index contributed by atoms with van der Waals surface area (Å²) in [5.41, 5.74) is 1.29. The summed E-state index contributed by atoms with van der Waals surface area (Å²) in [7, 11) is 0. The van der Waals surface area contributed by atoms with Crippen LogP contribution in [0.15, 0.2) is 36.4 Å². The molecule has 1 heterocycles. The predicted molar refractivity (Wildman–Crippen MR) is 88.3 cm³/mol. The van der Waals surface area contributed by atoms with E-state index in [4.69, 9.17) is 16.3 Å². The number of hydrogen-bond acceptors (Lipinski definition) is 2. The van der Waals surface area contributed by atoms with Crippen molar-refractivity contribution < 1.29 is 4.74 Å². The molecule has 20 heavy (non-hydrogen) atoms. The quantitative estimate of drug-likeness (QED) is 0.651. The molecule has 0 radical (unpaired) electrons. The van der Waals surface area contributed by atoms with E-state index in [0.717, 1.165) is 11.3 Å². The van der Waals surface area contributed by atoms with E-state index < -0.39 is 0 Å². The fourth-order valence-corrected chi connectivity index (χ4v) is 3.38. The van der Waals surface area contributed by atoms with Crippen molar-refractivity contribution in [2.75, 3.05) is 6.61 Å². The minimum Gasteiger partial charge on any atom is -0.494 e. The summed E-state index contributed by atoms with van der Waals surface area (Å²) >= 11 is 8.39. The molecule has 0 fully saturated rings. The fraction of sp³-hybridized carbons (Fsp3) is 0.412. The van der Waals surface area contributed by atoms with Crippen molar-refractivity contribution in [1.82, 2.24) is 0 Å². The second-order valence-electron chi connectivity index (χ2n) is 5.82. The van der Waals surface area contributed by atoms with Gasteiger partial charge in [0.15, 0.2) is 0 Å². The Bertz CT molecular complexity index is 551. The average Bonchev–Trinajstić information content (AvgIpc) is 2.89. The molecule has 1 atom stereocenters. The zero-order valence-corrected chi connectivity index (χ0v) is 14.0. The standard InChI is InChI=1S/C17H21ClOS/c1-5-19-13-8-6-12(7-9-13)16(18)14-10-11-15(20-14)17(2,3)4/h6-11,16H,5H2,1-4H3. The summed E-state index contributed by atoms with van der Waals surface area (Å²) in [6.45, 7) is 9.34. The molecule has 0 saturated heterocycles. The van der Waals surface area contributed by atoms with Crippen molar-refractivity contribution >= 4 is 22.9 Å². The van der Waals surface area contributed by atoms with Gasteiger partial charge in [-0.25, -0.2) is 0 Å². The maximum absolute atomic E-state index is 6.59. The Balaban J connectivity index is 2.18. The Morgan fingerprint density at radius 2 is 1.75 bits per heavy atom. The third-order valence-corrected chi connectivity index (χ3v) is 5.29. The van der Waals surface area contributed by atoms with E-state index in [2.05, 4.69) is 32.9 Å². The Hall–Kier alpha value is -0.990. The molecule has 1 nitrogen and oxygen atoms in total. The number of benzene rings is 1. The van der Waals surface area contributed by atoms with E-state index >= 15 is 0 Å². The highest BCUT2D eigenvalue weighted by molar-refractivity contribution is 7.12. The summed E-state index contributed by atoms with van der Waals surface area (Å²) in [6, 6.07) is 12.4. The van der Waals surface area contributed by atoms with Gasteiger partial charge in [0.25, 0.3) is 0 Å². The molecule has 0 amide bonds. The van der Waals surface area contributed by atoms with E-state index in [9.17, 15) is 0 Å². The van der Waals surface area contributed by atoms with Crippen LogP contribution in [0.5, 0.6) is 5.75 Å². The van der Waals surface area contributed by atoms with Crippen LogP contribution in [0.3, 0.4) is 0 Å². The first-order valence-electron chi connectivity index (χ1n) is 6.89. The molecule has 1 aromatic carbocycles. The summed E-state index contributed by atoms with van der Waals surface area (Å²) < 4.78 is 5.45. The molecule has 0 spiro atoms. The van der Waals surface area contributed by atoms with Crippen LogP contribution in [-0.4, -0.2) is 6.61 Å². The van der Waals surface area contributed by atoms with Crippen molar-refractivity contribution in [3.8, 4) is 5.75 Å². The zero-order valence-electron chi connectivity index (χ0n) is 12.4. The van der Waals surface area contributed by atoms with Crippen LogP contribution in [-0.2, 0) is 5.41 Å². The largest absolute Gasteiger partial charge is 0.494 e. The van der Waals surface area contributed by atoms with Crippen molar-refractivity contribution in [1.29, 1.82) is 0 Å². The predicted octanol–water partition coefficient (Wildman–Crippen LogP) is 5.77. The van der Waals surface area contributed by atoms with Crippen LogP contribution in [0, 0.1) is 0 Å². The van der Waals surface area contributed by atoms with Gasteiger partial charge in [-0.05, 0) is 42.2 Å². The lowest BCUT2D eigenvalue weighted by molar-refractivity contribution is 0.340. The topological polar surface area (TPSA) is 9.23 Å². The molecule has 0 bridgehead atoms. The molecule has 0 aliphatic rings. The summed E-state index contributed by atoms with van der Waals surface area (Å²) in [5, 5.41) is -0.0909. The van der Waals surface area contributed by atoms with Crippen molar-refractivity contribution in [3.63, 3.8) is 0 Å². The van der Waals surface area contributed by atoms with Crippen LogP contribution in [0.25, 0.3) is 0 Å². The number of halogens is 1. The number of alkyl halides is 1. The smallest absolute Gasteiger partial charge is 0.119 e. The van der Waals surface area contributed by atoms with Crippen LogP contribution in [0.1, 0.15) is 48.4 Å². The van der Waals surface area contributed by atoms with Gasteiger partial charge in [-0.1, -0.05) is 32.9 Å². The van der Waals surface area contributed by atoms with Gasteiger partial charge < -0.3 is 4.74 Å². The number of thiophene rings is 1. The first kappa shape index (κ1) is 15.4. The van der Waals surface area contributed by atoms with Crippen LogP contribution < -0.4 is 4.74 Å². The van der Waals surface area contributed by atoms with E-state index in [1.54, 1.807) is 11.3 Å². The molecule has 0 aliphatic heterocycles. The molecule has 0 aliphatic carbocycles. The Labute approximate surface area is 130 Å². The maximum atomic E-state index is 6.59. The van der Waals surface area contributed by atoms with Gasteiger partial charge in [0.05, 0.1) is 12.0 Å². The Kier molecular flexibility index (Phi) is 4.77. The molecule has 108 valence electrons. The first-order valence-corrected chi connectivity index (χ1v) is 8.14. The maximum Gasteiger partial charge on any atom is 0.119 e. The van der Waals surface area contributed by atoms with Gasteiger partial charge in [-0.3, -0.25) is 0 Å². The van der Waals surface area contributed by atoms with E-state index in [0.29, 0.717) is 6.61 Å². The second-order valence-corrected chi connectivity index (χ2v) is 7.37. The van der Waals surface area contributed by atoms with Crippen LogP contribution in [0.2, 0.25) is 0 Å². The van der Waals surface area contributed by atoms with E-state index in [1.807, 2.05) is 31.2 Å².